The highest BCUT2D eigenvalue weighted by Gasteiger charge is 2.19. The van der Waals surface area contributed by atoms with Gasteiger partial charge in [0.25, 0.3) is 5.91 Å². The molecule has 0 atom stereocenters. The maximum Gasteiger partial charge on any atom is 0.263 e. The van der Waals surface area contributed by atoms with Crippen LogP contribution in [-0.4, -0.2) is 27.6 Å². The van der Waals surface area contributed by atoms with Crippen LogP contribution in [0.2, 0.25) is 5.02 Å². The molecule has 2 heterocycles. The molecular weight excluding hydrogens is 406 g/mol. The van der Waals surface area contributed by atoms with Crippen LogP contribution in [0.4, 0.5) is 0 Å². The van der Waals surface area contributed by atoms with Crippen molar-refractivity contribution in [2.45, 2.75) is 47.4 Å². The van der Waals surface area contributed by atoms with E-state index in [1.807, 2.05) is 55.2 Å². The first-order chi connectivity index (χ1) is 13.8. The highest BCUT2D eigenvalue weighted by atomic mass is 35.5. The Balaban J connectivity index is 1.65. The van der Waals surface area contributed by atoms with Crippen molar-refractivity contribution in [3.63, 3.8) is 0 Å². The van der Waals surface area contributed by atoms with Gasteiger partial charge in [0.15, 0.2) is 0 Å². The molecule has 0 aliphatic carbocycles. The van der Waals surface area contributed by atoms with E-state index < -0.39 is 0 Å². The lowest BCUT2D eigenvalue weighted by Crippen LogP contribution is -2.26. The summed E-state index contributed by atoms with van der Waals surface area (Å²) in [6, 6.07) is 7.46. The van der Waals surface area contributed by atoms with Crippen molar-refractivity contribution >= 4 is 28.8 Å². The van der Waals surface area contributed by atoms with E-state index in [0.717, 1.165) is 40.4 Å². The standard InChI is InChI=1S/C22H26ClN3O2S/c1-6-26-16(4)19(15(3)24-26)11-25(5)22(27)21-10-17(13-29-21)12-28-20-8-7-18(23)9-14(20)2/h7-10,13H,6,11-12H2,1-5H3. The van der Waals surface area contributed by atoms with Gasteiger partial charge in [0.05, 0.1) is 10.6 Å². The molecule has 2 aromatic heterocycles. The van der Waals surface area contributed by atoms with Gasteiger partial charge < -0.3 is 9.64 Å². The van der Waals surface area contributed by atoms with Crippen molar-refractivity contribution in [3.8, 4) is 5.75 Å². The second-order valence-electron chi connectivity index (χ2n) is 7.14. The van der Waals surface area contributed by atoms with E-state index in [9.17, 15) is 4.79 Å². The summed E-state index contributed by atoms with van der Waals surface area (Å²) in [5.41, 5.74) is 5.17. The summed E-state index contributed by atoms with van der Waals surface area (Å²) in [5.74, 6) is 0.802. The average Bonchev–Trinajstić information content (AvgIpc) is 3.26. The van der Waals surface area contributed by atoms with E-state index in [1.54, 1.807) is 4.90 Å². The van der Waals surface area contributed by atoms with Gasteiger partial charge in [-0.3, -0.25) is 9.48 Å². The summed E-state index contributed by atoms with van der Waals surface area (Å²) in [7, 11) is 1.83. The van der Waals surface area contributed by atoms with E-state index in [2.05, 4.69) is 18.9 Å². The molecule has 3 rings (SSSR count). The molecule has 0 fully saturated rings. The zero-order valence-corrected chi connectivity index (χ0v) is 19.0. The van der Waals surface area contributed by atoms with Gasteiger partial charge in [-0.15, -0.1) is 11.3 Å². The normalized spacial score (nSPS) is 11.0. The molecule has 7 heteroatoms. The minimum Gasteiger partial charge on any atom is -0.489 e. The highest BCUT2D eigenvalue weighted by Crippen LogP contribution is 2.24. The Morgan fingerprint density at radius 1 is 1.28 bits per heavy atom. The third-order valence-electron chi connectivity index (χ3n) is 4.97. The Labute approximate surface area is 180 Å². The molecule has 0 N–H and O–H groups in total. The first-order valence-corrected chi connectivity index (χ1v) is 10.8. The number of amides is 1. The van der Waals surface area contributed by atoms with Crippen molar-refractivity contribution in [3.05, 3.63) is 67.6 Å². The molecular formula is C22H26ClN3O2S. The Hall–Kier alpha value is -2.31. The topological polar surface area (TPSA) is 47.4 Å². The maximum atomic E-state index is 12.9. The first-order valence-electron chi connectivity index (χ1n) is 9.54. The van der Waals surface area contributed by atoms with Gasteiger partial charge in [0.1, 0.15) is 12.4 Å². The molecule has 0 radical (unpaired) electrons. The van der Waals surface area contributed by atoms with E-state index in [0.29, 0.717) is 23.1 Å². The largest absolute Gasteiger partial charge is 0.489 e. The van der Waals surface area contributed by atoms with Crippen LogP contribution in [0, 0.1) is 20.8 Å². The number of nitrogens with zero attached hydrogens (tertiary/aromatic N) is 3. The van der Waals surface area contributed by atoms with Crippen LogP contribution in [0.25, 0.3) is 0 Å². The predicted molar refractivity (Wildman–Crippen MR) is 118 cm³/mol. The van der Waals surface area contributed by atoms with E-state index in [-0.39, 0.29) is 5.91 Å². The molecule has 0 aliphatic heterocycles. The number of thiophene rings is 1. The summed E-state index contributed by atoms with van der Waals surface area (Å²) in [6.45, 7) is 9.86. The third kappa shape index (κ3) is 4.82. The number of aromatic nitrogens is 2. The lowest BCUT2D eigenvalue weighted by atomic mass is 10.2. The number of carbonyl (C=O) groups excluding carboxylic acids is 1. The number of carbonyl (C=O) groups is 1. The third-order valence-corrected chi connectivity index (χ3v) is 6.17. The van der Waals surface area contributed by atoms with Gasteiger partial charge in [0, 0.05) is 42.0 Å². The van der Waals surface area contributed by atoms with Crippen LogP contribution in [0.5, 0.6) is 5.75 Å². The number of hydrogen-bond donors (Lipinski definition) is 0. The number of ether oxygens (including phenoxy) is 1. The molecule has 1 aromatic carbocycles. The van der Waals surface area contributed by atoms with E-state index in [1.165, 1.54) is 11.3 Å². The monoisotopic (exact) mass is 431 g/mol. The van der Waals surface area contributed by atoms with Crippen LogP contribution < -0.4 is 4.74 Å². The fourth-order valence-electron chi connectivity index (χ4n) is 3.27. The van der Waals surface area contributed by atoms with Crippen LogP contribution in [-0.2, 0) is 19.7 Å². The maximum absolute atomic E-state index is 12.9. The molecule has 0 aliphatic rings. The number of hydrogen-bond acceptors (Lipinski definition) is 4. The Morgan fingerprint density at radius 3 is 2.69 bits per heavy atom. The van der Waals surface area contributed by atoms with Crippen molar-refractivity contribution in [1.82, 2.24) is 14.7 Å². The summed E-state index contributed by atoms with van der Waals surface area (Å²) in [6.07, 6.45) is 0. The highest BCUT2D eigenvalue weighted by molar-refractivity contribution is 7.12. The fourth-order valence-corrected chi connectivity index (χ4v) is 4.38. The second kappa shape index (κ2) is 9.01. The van der Waals surface area contributed by atoms with Crippen molar-refractivity contribution < 1.29 is 9.53 Å². The second-order valence-corrected chi connectivity index (χ2v) is 8.49. The van der Waals surface area contributed by atoms with E-state index in [4.69, 9.17) is 16.3 Å². The zero-order chi connectivity index (χ0) is 21.1. The molecule has 154 valence electrons. The Morgan fingerprint density at radius 2 is 2.03 bits per heavy atom. The molecule has 1 amide bonds. The molecule has 0 saturated heterocycles. The minimum atomic E-state index is 0.00646. The smallest absolute Gasteiger partial charge is 0.263 e. The van der Waals surface area contributed by atoms with Crippen LogP contribution in [0.3, 0.4) is 0 Å². The summed E-state index contributed by atoms with van der Waals surface area (Å²) in [5, 5.41) is 7.20. The van der Waals surface area contributed by atoms with Crippen LogP contribution >= 0.6 is 22.9 Å². The van der Waals surface area contributed by atoms with Gasteiger partial charge in [-0.05, 0) is 62.9 Å². The predicted octanol–water partition coefficient (Wildman–Crippen LogP) is 5.39. The number of rotatable bonds is 7. The van der Waals surface area contributed by atoms with Crippen LogP contribution in [0.15, 0.2) is 29.6 Å². The number of benzene rings is 1. The first kappa shape index (κ1) is 21.4. The quantitative estimate of drug-likeness (QED) is 0.503. The van der Waals surface area contributed by atoms with Crippen molar-refractivity contribution in [2.24, 2.45) is 0 Å². The van der Waals surface area contributed by atoms with Crippen molar-refractivity contribution in [1.29, 1.82) is 0 Å². The summed E-state index contributed by atoms with van der Waals surface area (Å²) < 4.78 is 7.86. The van der Waals surface area contributed by atoms with Gasteiger partial charge in [0.2, 0.25) is 0 Å². The molecule has 0 spiro atoms. The van der Waals surface area contributed by atoms with E-state index >= 15 is 0 Å². The minimum absolute atomic E-state index is 0.00646. The Kier molecular flexibility index (Phi) is 6.65. The molecule has 0 unspecified atom stereocenters. The Bertz CT molecular complexity index is 1030. The summed E-state index contributed by atoms with van der Waals surface area (Å²) in [4.78, 5) is 15.3. The zero-order valence-electron chi connectivity index (χ0n) is 17.5. The van der Waals surface area contributed by atoms with Gasteiger partial charge in [-0.25, -0.2) is 0 Å². The average molecular weight is 432 g/mol. The lowest BCUT2D eigenvalue weighted by molar-refractivity contribution is 0.0789. The molecule has 29 heavy (non-hydrogen) atoms. The van der Waals surface area contributed by atoms with Crippen molar-refractivity contribution in [2.75, 3.05) is 7.05 Å². The number of aryl methyl sites for hydroxylation is 3. The molecule has 3 aromatic rings. The molecule has 5 nitrogen and oxygen atoms in total. The molecule has 0 saturated carbocycles. The SMILES string of the molecule is CCn1nc(C)c(CN(C)C(=O)c2cc(COc3ccc(Cl)cc3C)cs2)c1C. The summed E-state index contributed by atoms with van der Waals surface area (Å²) >= 11 is 7.43. The fraction of sp³-hybridized carbons (Fsp3) is 0.364. The van der Waals surface area contributed by atoms with Gasteiger partial charge >= 0.3 is 0 Å². The van der Waals surface area contributed by atoms with Gasteiger partial charge in [-0.2, -0.15) is 5.10 Å². The van der Waals surface area contributed by atoms with Gasteiger partial charge in [-0.1, -0.05) is 11.6 Å². The lowest BCUT2D eigenvalue weighted by Gasteiger charge is -2.16. The number of halogens is 1. The van der Waals surface area contributed by atoms with Crippen LogP contribution in [0.1, 0.15) is 44.7 Å². The molecule has 0 bridgehead atoms.